The van der Waals surface area contributed by atoms with Gasteiger partial charge in [-0.05, 0) is 53.2 Å². The molecule has 9 nitrogen and oxygen atoms in total. The molecular formula is C24H23BrF2N6O3S. The van der Waals surface area contributed by atoms with Crippen molar-refractivity contribution in [1.29, 1.82) is 5.41 Å². The van der Waals surface area contributed by atoms with E-state index in [1.165, 1.54) is 16.7 Å². The van der Waals surface area contributed by atoms with Crippen LogP contribution in [0.15, 0.2) is 44.6 Å². The zero-order valence-electron chi connectivity index (χ0n) is 19.6. The smallest absolute Gasteiger partial charge is 0.297 e. The number of halogens is 3. The lowest BCUT2D eigenvalue weighted by molar-refractivity contribution is -0.129. The maximum Gasteiger partial charge on any atom is 0.297 e. The maximum absolute atomic E-state index is 13.2. The van der Waals surface area contributed by atoms with Gasteiger partial charge in [0.15, 0.2) is 27.8 Å². The molecule has 0 saturated carbocycles. The van der Waals surface area contributed by atoms with E-state index in [-0.39, 0.29) is 11.1 Å². The summed E-state index contributed by atoms with van der Waals surface area (Å²) in [5.74, 6) is -1.83. The van der Waals surface area contributed by atoms with E-state index < -0.39 is 11.8 Å². The summed E-state index contributed by atoms with van der Waals surface area (Å²) in [6, 6.07) is 3.78. The summed E-state index contributed by atoms with van der Waals surface area (Å²) in [6.07, 6.45) is 4.72. The number of likely N-dealkylation sites (tertiary alicyclic amines) is 1. The van der Waals surface area contributed by atoms with Gasteiger partial charge in [0.1, 0.15) is 18.7 Å². The zero-order chi connectivity index (χ0) is 25.7. The first kappa shape index (κ1) is 24.4. The van der Waals surface area contributed by atoms with Crippen molar-refractivity contribution in [2.24, 2.45) is 5.92 Å². The fraction of sp³-hybridized carbons (Fsp3) is 0.417. The van der Waals surface area contributed by atoms with Crippen LogP contribution in [0.5, 0.6) is 11.5 Å². The lowest BCUT2D eigenvalue weighted by Gasteiger charge is -2.31. The van der Waals surface area contributed by atoms with Gasteiger partial charge in [-0.25, -0.2) is 9.97 Å². The Kier molecular flexibility index (Phi) is 6.22. The molecule has 1 fully saturated rings. The van der Waals surface area contributed by atoms with Crippen molar-refractivity contribution in [3.8, 4) is 11.5 Å². The molecule has 13 heteroatoms. The number of hydrogen-bond acceptors (Lipinski definition) is 7. The number of ether oxygens (including phenoxy) is 2. The number of alkyl halides is 2. The highest BCUT2D eigenvalue weighted by atomic mass is 79.9. The highest BCUT2D eigenvalue weighted by molar-refractivity contribution is 9.10. The van der Waals surface area contributed by atoms with Crippen LogP contribution < -0.4 is 15.0 Å². The van der Waals surface area contributed by atoms with E-state index in [0.29, 0.717) is 66.6 Å². The third kappa shape index (κ3) is 4.86. The first-order valence-corrected chi connectivity index (χ1v) is 13.6. The fourth-order valence-electron chi connectivity index (χ4n) is 4.67. The number of carbonyl (C=O) groups is 1. The third-order valence-electron chi connectivity index (χ3n) is 6.81. The van der Waals surface area contributed by atoms with Crippen LogP contribution in [0.25, 0.3) is 11.2 Å². The molecule has 2 aromatic heterocycles. The number of benzene rings is 1. The van der Waals surface area contributed by atoms with E-state index in [1.807, 2.05) is 16.7 Å². The van der Waals surface area contributed by atoms with E-state index in [2.05, 4.69) is 25.9 Å². The van der Waals surface area contributed by atoms with Crippen LogP contribution in [0, 0.1) is 11.3 Å². The van der Waals surface area contributed by atoms with Crippen molar-refractivity contribution < 1.29 is 23.0 Å². The molecule has 4 heterocycles. The molecule has 0 unspecified atom stereocenters. The molecule has 194 valence electrons. The first-order chi connectivity index (χ1) is 17.8. The second-order valence-corrected chi connectivity index (χ2v) is 11.1. The summed E-state index contributed by atoms with van der Waals surface area (Å²) in [5, 5.41) is 8.86. The maximum atomic E-state index is 13.2. The molecule has 1 amide bonds. The van der Waals surface area contributed by atoms with E-state index in [0.717, 1.165) is 34.7 Å². The quantitative estimate of drug-likeness (QED) is 0.445. The van der Waals surface area contributed by atoms with Crippen LogP contribution >= 0.6 is 27.7 Å². The summed E-state index contributed by atoms with van der Waals surface area (Å²) in [7, 11) is 0. The van der Waals surface area contributed by atoms with Gasteiger partial charge in [0.25, 0.3) is 11.8 Å². The molecule has 1 aliphatic carbocycles. The summed E-state index contributed by atoms with van der Waals surface area (Å²) in [6.45, 7) is 2.63. The van der Waals surface area contributed by atoms with E-state index in [4.69, 9.17) is 19.9 Å². The van der Waals surface area contributed by atoms with Crippen LogP contribution in [0.2, 0.25) is 0 Å². The van der Waals surface area contributed by atoms with Gasteiger partial charge in [-0.15, -0.1) is 0 Å². The topological polar surface area (TPSA) is 109 Å². The fourth-order valence-corrected chi connectivity index (χ4v) is 6.05. The first-order valence-electron chi connectivity index (χ1n) is 12.0. The molecule has 37 heavy (non-hydrogen) atoms. The second kappa shape index (κ2) is 9.43. The number of carbonyl (C=O) groups excluding carboxylic acids is 1. The van der Waals surface area contributed by atoms with Crippen molar-refractivity contribution in [3.05, 3.63) is 40.1 Å². The Labute approximate surface area is 222 Å². The average Bonchev–Trinajstić information content (AvgIpc) is 3.31. The SMILES string of the molecule is N=c1ncn(CCC2CCN(C(=O)C3=CC3(F)F)CC2)c2nc(Sc3cc4c(cc3Br)OCCO4)[nH]c12. The van der Waals surface area contributed by atoms with Gasteiger partial charge in [0.2, 0.25) is 0 Å². The Morgan fingerprint density at radius 1 is 1.24 bits per heavy atom. The predicted octanol–water partition coefficient (Wildman–Crippen LogP) is 4.13. The number of nitrogens with zero attached hydrogens (tertiary/aromatic N) is 4. The van der Waals surface area contributed by atoms with Gasteiger partial charge in [-0.3, -0.25) is 10.2 Å². The Balaban J connectivity index is 1.13. The molecule has 6 rings (SSSR count). The van der Waals surface area contributed by atoms with E-state index in [9.17, 15) is 13.6 Å². The van der Waals surface area contributed by atoms with E-state index in [1.54, 1.807) is 6.33 Å². The highest BCUT2D eigenvalue weighted by Gasteiger charge is 2.51. The van der Waals surface area contributed by atoms with Crippen molar-refractivity contribution in [1.82, 2.24) is 24.4 Å². The van der Waals surface area contributed by atoms with Gasteiger partial charge in [-0.1, -0.05) is 11.8 Å². The Bertz CT molecular complexity index is 1480. The van der Waals surface area contributed by atoms with Gasteiger partial charge < -0.3 is 23.9 Å². The van der Waals surface area contributed by atoms with E-state index >= 15 is 0 Å². The van der Waals surface area contributed by atoms with Crippen LogP contribution in [0.3, 0.4) is 0 Å². The molecule has 3 aliphatic rings. The number of piperidine rings is 1. The van der Waals surface area contributed by atoms with Crippen molar-refractivity contribution in [3.63, 3.8) is 0 Å². The van der Waals surface area contributed by atoms with Crippen molar-refractivity contribution in [2.75, 3.05) is 26.3 Å². The van der Waals surface area contributed by atoms with Crippen LogP contribution in [0.1, 0.15) is 19.3 Å². The molecule has 2 aliphatic heterocycles. The number of imidazole rings is 1. The molecular weight excluding hydrogens is 570 g/mol. The standard InChI is InChI=1S/C24H23BrF2N6O3S/c25-15-9-16-17(36-8-7-35-16)10-18(15)37-23-30-19-20(28)29-12-33(21(19)31-23)6-3-13-1-4-32(5-2-13)22(34)14-11-24(14,26)27/h9-13,28H,1-8H2,(H,30,31). The van der Waals surface area contributed by atoms with Gasteiger partial charge >= 0.3 is 0 Å². The predicted molar refractivity (Wildman–Crippen MR) is 134 cm³/mol. The highest BCUT2D eigenvalue weighted by Crippen LogP contribution is 2.42. The molecule has 0 bridgehead atoms. The number of aryl methyl sites for hydroxylation is 1. The number of aromatic amines is 1. The lowest BCUT2D eigenvalue weighted by Crippen LogP contribution is -2.39. The normalized spacial score (nSPS) is 18.7. The summed E-state index contributed by atoms with van der Waals surface area (Å²) >= 11 is 5.00. The van der Waals surface area contributed by atoms with Crippen molar-refractivity contribution >= 4 is 44.8 Å². The zero-order valence-corrected chi connectivity index (χ0v) is 22.0. The second-order valence-electron chi connectivity index (χ2n) is 9.26. The molecule has 1 aromatic carbocycles. The molecule has 3 aromatic rings. The van der Waals surface area contributed by atoms with Gasteiger partial charge in [-0.2, -0.15) is 8.78 Å². The van der Waals surface area contributed by atoms with Crippen LogP contribution in [-0.4, -0.2) is 62.6 Å². The number of allylic oxidation sites excluding steroid dienone is 1. The van der Waals surface area contributed by atoms with Crippen LogP contribution in [0.4, 0.5) is 8.78 Å². The number of hydrogen-bond donors (Lipinski definition) is 2. The molecule has 1 saturated heterocycles. The molecule has 0 atom stereocenters. The number of fused-ring (bicyclic) bond motifs is 2. The Hall–Kier alpha value is -2.93. The average molecular weight is 593 g/mol. The number of aromatic nitrogens is 4. The monoisotopic (exact) mass is 592 g/mol. The summed E-state index contributed by atoms with van der Waals surface area (Å²) < 4.78 is 40.4. The number of H-pyrrole nitrogens is 1. The number of rotatable bonds is 6. The third-order valence-corrected chi connectivity index (χ3v) is 8.68. The van der Waals surface area contributed by atoms with Crippen LogP contribution in [-0.2, 0) is 11.3 Å². The van der Waals surface area contributed by atoms with Gasteiger partial charge in [0.05, 0.1) is 11.9 Å². The largest absolute Gasteiger partial charge is 0.486 e. The summed E-state index contributed by atoms with van der Waals surface area (Å²) in [5.41, 5.74) is 0.940. The van der Waals surface area contributed by atoms with Gasteiger partial charge in [0, 0.05) is 35.1 Å². The lowest BCUT2D eigenvalue weighted by atomic mass is 9.93. The number of amides is 1. The number of nitrogens with one attached hydrogen (secondary N) is 2. The molecule has 2 N–H and O–H groups in total. The minimum Gasteiger partial charge on any atom is -0.486 e. The molecule has 0 spiro atoms. The minimum atomic E-state index is -3.02. The minimum absolute atomic E-state index is 0.116. The molecule has 0 radical (unpaired) electrons. The Morgan fingerprint density at radius 2 is 1.95 bits per heavy atom. The summed E-state index contributed by atoms with van der Waals surface area (Å²) in [4.78, 5) is 26.8. The Morgan fingerprint density at radius 3 is 2.65 bits per heavy atom. The van der Waals surface area contributed by atoms with Crippen molar-refractivity contribution in [2.45, 2.75) is 41.8 Å².